The minimum Gasteiger partial charge on any atom is -0.490 e. The predicted octanol–water partition coefficient (Wildman–Crippen LogP) is 3.52. The molecule has 0 unspecified atom stereocenters. The number of aryl methyl sites for hydroxylation is 2. The molecule has 1 saturated heterocycles. The Morgan fingerprint density at radius 2 is 2.04 bits per heavy atom. The Hall–Kier alpha value is -1.85. The van der Waals surface area contributed by atoms with Crippen molar-refractivity contribution in [3.63, 3.8) is 0 Å². The number of ether oxygens (including phenoxy) is 1. The number of amides is 1. The van der Waals surface area contributed by atoms with Crippen molar-refractivity contribution in [2.75, 3.05) is 19.6 Å². The van der Waals surface area contributed by atoms with Crippen molar-refractivity contribution in [2.45, 2.75) is 39.3 Å². The molecule has 0 aliphatic carbocycles. The highest BCUT2D eigenvalue weighted by Gasteiger charge is 2.22. The first-order valence-corrected chi connectivity index (χ1v) is 9.73. The topological polar surface area (TPSA) is 41.6 Å². The van der Waals surface area contributed by atoms with E-state index >= 15 is 0 Å². The number of likely N-dealkylation sites (tertiary alicyclic amines) is 1. The largest absolute Gasteiger partial charge is 0.490 e. The number of hydrogen-bond donors (Lipinski definition) is 1. The lowest BCUT2D eigenvalue weighted by Gasteiger charge is -2.31. The second kappa shape index (κ2) is 8.50. The molecule has 134 valence electrons. The highest BCUT2D eigenvalue weighted by atomic mass is 32.1. The molecule has 0 radical (unpaired) electrons. The molecule has 0 spiro atoms. The Labute approximate surface area is 153 Å². The molecular weight excluding hydrogens is 332 g/mol. The number of piperidine rings is 1. The third kappa shape index (κ3) is 5.31. The number of nitrogens with zero attached hydrogens (tertiary/aromatic N) is 1. The lowest BCUT2D eigenvalue weighted by Crippen LogP contribution is -2.43. The van der Waals surface area contributed by atoms with Crippen LogP contribution in [0.5, 0.6) is 5.75 Å². The van der Waals surface area contributed by atoms with Crippen LogP contribution >= 0.6 is 11.3 Å². The average Bonchev–Trinajstić information content (AvgIpc) is 3.12. The van der Waals surface area contributed by atoms with Gasteiger partial charge in [0, 0.05) is 18.0 Å². The standard InChI is InChI=1S/C20H26N2O2S/c1-15-5-6-18(12-16(15)2)24-17-7-9-22(10-8-17)14-20(23)21-13-19-4-3-11-25-19/h3-6,11-12,17H,7-10,13-14H2,1-2H3,(H,21,23). The smallest absolute Gasteiger partial charge is 0.234 e. The summed E-state index contributed by atoms with van der Waals surface area (Å²) in [5, 5.41) is 5.02. The molecule has 2 heterocycles. The fraction of sp³-hybridized carbons (Fsp3) is 0.450. The lowest BCUT2D eigenvalue weighted by molar-refractivity contribution is -0.122. The summed E-state index contributed by atoms with van der Waals surface area (Å²) < 4.78 is 6.12. The molecule has 1 aromatic carbocycles. The van der Waals surface area contributed by atoms with Gasteiger partial charge >= 0.3 is 0 Å². The Bertz CT molecular complexity index is 692. The number of thiophene rings is 1. The van der Waals surface area contributed by atoms with Crippen LogP contribution in [0.1, 0.15) is 28.8 Å². The number of carbonyl (C=O) groups is 1. The van der Waals surface area contributed by atoms with Gasteiger partial charge in [-0.1, -0.05) is 12.1 Å². The van der Waals surface area contributed by atoms with Crippen molar-refractivity contribution in [1.82, 2.24) is 10.2 Å². The molecule has 0 atom stereocenters. The molecule has 3 rings (SSSR count). The van der Waals surface area contributed by atoms with Crippen molar-refractivity contribution in [3.05, 3.63) is 51.7 Å². The van der Waals surface area contributed by atoms with E-state index in [2.05, 4.69) is 36.2 Å². The van der Waals surface area contributed by atoms with E-state index in [1.54, 1.807) is 11.3 Å². The maximum Gasteiger partial charge on any atom is 0.234 e. The van der Waals surface area contributed by atoms with Crippen molar-refractivity contribution < 1.29 is 9.53 Å². The van der Waals surface area contributed by atoms with Crippen LogP contribution in [0.25, 0.3) is 0 Å². The van der Waals surface area contributed by atoms with Crippen molar-refractivity contribution in [3.8, 4) is 5.75 Å². The lowest BCUT2D eigenvalue weighted by atomic mass is 10.1. The van der Waals surface area contributed by atoms with Gasteiger partial charge in [0.1, 0.15) is 11.9 Å². The van der Waals surface area contributed by atoms with Crippen LogP contribution in [0.3, 0.4) is 0 Å². The molecule has 2 aromatic rings. The molecule has 0 bridgehead atoms. The Balaban J connectivity index is 1.39. The summed E-state index contributed by atoms with van der Waals surface area (Å²) in [4.78, 5) is 15.5. The van der Waals surface area contributed by atoms with E-state index in [-0.39, 0.29) is 12.0 Å². The Morgan fingerprint density at radius 1 is 1.24 bits per heavy atom. The SMILES string of the molecule is Cc1ccc(OC2CCN(CC(=O)NCc3cccs3)CC2)cc1C. The van der Waals surface area contributed by atoms with Gasteiger partial charge in [-0.2, -0.15) is 0 Å². The molecule has 4 nitrogen and oxygen atoms in total. The minimum absolute atomic E-state index is 0.0990. The van der Waals surface area contributed by atoms with Gasteiger partial charge in [-0.3, -0.25) is 9.69 Å². The van der Waals surface area contributed by atoms with Gasteiger partial charge in [0.15, 0.2) is 0 Å². The van der Waals surface area contributed by atoms with Crippen molar-refractivity contribution >= 4 is 17.2 Å². The van der Waals surface area contributed by atoms with Gasteiger partial charge in [-0.25, -0.2) is 0 Å². The van der Waals surface area contributed by atoms with Crippen LogP contribution in [-0.4, -0.2) is 36.5 Å². The van der Waals surface area contributed by atoms with Crippen LogP contribution in [-0.2, 0) is 11.3 Å². The van der Waals surface area contributed by atoms with E-state index in [9.17, 15) is 4.79 Å². The number of carbonyl (C=O) groups excluding carboxylic acids is 1. The zero-order chi connectivity index (χ0) is 17.6. The van der Waals surface area contributed by atoms with Gasteiger partial charge < -0.3 is 10.1 Å². The molecule has 1 N–H and O–H groups in total. The molecule has 1 aliphatic rings. The maximum atomic E-state index is 12.1. The monoisotopic (exact) mass is 358 g/mol. The van der Waals surface area contributed by atoms with Crippen LogP contribution < -0.4 is 10.1 Å². The third-order valence-corrected chi connectivity index (χ3v) is 5.60. The fourth-order valence-electron chi connectivity index (χ4n) is 3.02. The molecule has 1 aromatic heterocycles. The predicted molar refractivity (Wildman–Crippen MR) is 102 cm³/mol. The number of hydrogen-bond acceptors (Lipinski definition) is 4. The second-order valence-electron chi connectivity index (χ2n) is 6.70. The summed E-state index contributed by atoms with van der Waals surface area (Å²) in [5.41, 5.74) is 2.55. The van der Waals surface area contributed by atoms with Gasteiger partial charge in [0.25, 0.3) is 0 Å². The number of rotatable bonds is 6. The second-order valence-corrected chi connectivity index (χ2v) is 7.73. The normalized spacial score (nSPS) is 15.9. The zero-order valence-electron chi connectivity index (χ0n) is 15.0. The summed E-state index contributed by atoms with van der Waals surface area (Å²) in [6, 6.07) is 10.3. The molecule has 1 amide bonds. The highest BCUT2D eigenvalue weighted by molar-refractivity contribution is 7.09. The first-order valence-electron chi connectivity index (χ1n) is 8.85. The van der Waals surface area contributed by atoms with E-state index in [4.69, 9.17) is 4.74 Å². The van der Waals surface area contributed by atoms with E-state index in [0.29, 0.717) is 13.1 Å². The first kappa shape index (κ1) is 18.0. The van der Waals surface area contributed by atoms with E-state index < -0.39 is 0 Å². The van der Waals surface area contributed by atoms with Crippen LogP contribution in [0.4, 0.5) is 0 Å². The molecular formula is C20H26N2O2S. The van der Waals surface area contributed by atoms with Gasteiger partial charge in [0.05, 0.1) is 13.1 Å². The zero-order valence-corrected chi connectivity index (χ0v) is 15.8. The minimum atomic E-state index is 0.0990. The molecule has 1 fully saturated rings. The van der Waals surface area contributed by atoms with Crippen LogP contribution in [0.15, 0.2) is 35.7 Å². The molecule has 25 heavy (non-hydrogen) atoms. The van der Waals surface area contributed by atoms with Gasteiger partial charge in [-0.05, 0) is 61.4 Å². The summed E-state index contributed by atoms with van der Waals surface area (Å²) in [6.07, 6.45) is 2.17. The Morgan fingerprint density at radius 3 is 2.72 bits per heavy atom. The maximum absolute atomic E-state index is 12.1. The Kier molecular flexibility index (Phi) is 6.10. The van der Waals surface area contributed by atoms with E-state index in [0.717, 1.165) is 31.7 Å². The molecule has 5 heteroatoms. The third-order valence-electron chi connectivity index (χ3n) is 4.72. The summed E-state index contributed by atoms with van der Waals surface area (Å²) in [7, 11) is 0. The first-order chi connectivity index (χ1) is 12.1. The van der Waals surface area contributed by atoms with Crippen molar-refractivity contribution in [2.24, 2.45) is 0 Å². The summed E-state index contributed by atoms with van der Waals surface area (Å²) in [6.45, 7) is 7.13. The number of benzene rings is 1. The molecule has 1 aliphatic heterocycles. The van der Waals surface area contributed by atoms with Crippen LogP contribution in [0, 0.1) is 13.8 Å². The average molecular weight is 359 g/mol. The van der Waals surface area contributed by atoms with E-state index in [1.807, 2.05) is 23.6 Å². The van der Waals surface area contributed by atoms with E-state index in [1.165, 1.54) is 16.0 Å². The van der Waals surface area contributed by atoms with Gasteiger partial charge in [0.2, 0.25) is 5.91 Å². The summed E-state index contributed by atoms with van der Waals surface area (Å²) >= 11 is 1.67. The highest BCUT2D eigenvalue weighted by Crippen LogP contribution is 2.21. The fourth-order valence-corrected chi connectivity index (χ4v) is 3.67. The number of nitrogens with one attached hydrogen (secondary N) is 1. The van der Waals surface area contributed by atoms with Gasteiger partial charge in [-0.15, -0.1) is 11.3 Å². The van der Waals surface area contributed by atoms with Crippen LogP contribution in [0.2, 0.25) is 0 Å². The summed E-state index contributed by atoms with van der Waals surface area (Å²) in [5.74, 6) is 1.05. The quantitative estimate of drug-likeness (QED) is 0.859. The molecule has 0 saturated carbocycles. The van der Waals surface area contributed by atoms with Crippen molar-refractivity contribution in [1.29, 1.82) is 0 Å².